The van der Waals surface area contributed by atoms with Crippen LogP contribution in [-0.2, 0) is 11.3 Å². The Hall–Kier alpha value is -2.38. The van der Waals surface area contributed by atoms with Crippen LogP contribution in [0, 0.1) is 6.92 Å². The van der Waals surface area contributed by atoms with Crippen molar-refractivity contribution >= 4 is 11.6 Å². The molecule has 0 bridgehead atoms. The zero-order chi connectivity index (χ0) is 24.6. The predicted molar refractivity (Wildman–Crippen MR) is 140 cm³/mol. The molecule has 0 aliphatic carbocycles. The normalized spacial score (nSPS) is 16.7. The van der Waals surface area contributed by atoms with Gasteiger partial charge in [0, 0.05) is 26.2 Å². The molecule has 1 aromatic heterocycles. The number of hydrogen-bond acceptors (Lipinski definition) is 5. The summed E-state index contributed by atoms with van der Waals surface area (Å²) in [6.45, 7) is 6.92. The van der Waals surface area contributed by atoms with Crippen LogP contribution in [0.2, 0.25) is 5.02 Å². The van der Waals surface area contributed by atoms with Gasteiger partial charge in [-0.15, -0.1) is 0 Å². The summed E-state index contributed by atoms with van der Waals surface area (Å²) in [5.41, 5.74) is 2.78. The Morgan fingerprint density at radius 1 is 1.20 bits per heavy atom. The second-order valence-electron chi connectivity index (χ2n) is 9.27. The van der Waals surface area contributed by atoms with Crippen LogP contribution in [0.4, 0.5) is 0 Å². The van der Waals surface area contributed by atoms with Crippen LogP contribution in [0.5, 0.6) is 11.6 Å². The van der Waals surface area contributed by atoms with Gasteiger partial charge in [-0.3, -0.25) is 4.90 Å². The van der Waals surface area contributed by atoms with E-state index < -0.39 is 0 Å². The van der Waals surface area contributed by atoms with Crippen molar-refractivity contribution in [3.63, 3.8) is 0 Å². The molecule has 2 unspecified atom stereocenters. The molecule has 2 aromatic carbocycles. The zero-order valence-corrected chi connectivity index (χ0v) is 21.5. The smallest absolute Gasteiger partial charge is 0.227 e. The van der Waals surface area contributed by atoms with Gasteiger partial charge in [0.1, 0.15) is 5.75 Å². The van der Waals surface area contributed by atoms with Gasteiger partial charge in [0.25, 0.3) is 0 Å². The number of halogens is 1. The molecule has 0 spiro atoms. The molecule has 1 fully saturated rings. The van der Waals surface area contributed by atoms with Crippen molar-refractivity contribution in [2.24, 2.45) is 0 Å². The molecule has 1 N–H and O–H groups in total. The van der Waals surface area contributed by atoms with Crippen molar-refractivity contribution in [3.8, 4) is 17.3 Å². The SMILES string of the molecule is CCCCC(O)CN(Cc1c(C)nn(-c2ccccc2)c1Oc1ccccc1Cl)CC1CCCO1. The van der Waals surface area contributed by atoms with E-state index in [2.05, 4.69) is 11.8 Å². The summed E-state index contributed by atoms with van der Waals surface area (Å²) < 4.78 is 14.2. The molecule has 1 aliphatic rings. The Morgan fingerprint density at radius 2 is 1.97 bits per heavy atom. The topological polar surface area (TPSA) is 59.8 Å². The molecule has 188 valence electrons. The van der Waals surface area contributed by atoms with E-state index in [9.17, 15) is 5.11 Å². The maximum absolute atomic E-state index is 10.7. The van der Waals surface area contributed by atoms with Gasteiger partial charge in [0.2, 0.25) is 5.88 Å². The van der Waals surface area contributed by atoms with E-state index in [0.29, 0.717) is 29.7 Å². The molecule has 2 heterocycles. The van der Waals surface area contributed by atoms with Crippen molar-refractivity contribution < 1.29 is 14.6 Å². The van der Waals surface area contributed by atoms with Gasteiger partial charge in [-0.25, -0.2) is 4.68 Å². The average Bonchev–Trinajstić information content (AvgIpc) is 3.48. The summed E-state index contributed by atoms with van der Waals surface area (Å²) in [4.78, 5) is 2.29. The van der Waals surface area contributed by atoms with Crippen LogP contribution >= 0.6 is 11.6 Å². The zero-order valence-electron chi connectivity index (χ0n) is 20.7. The van der Waals surface area contributed by atoms with Crippen LogP contribution in [0.3, 0.4) is 0 Å². The number of rotatable bonds is 12. The highest BCUT2D eigenvalue weighted by atomic mass is 35.5. The third-order valence-corrected chi connectivity index (χ3v) is 6.72. The number of aromatic nitrogens is 2. The van der Waals surface area contributed by atoms with Gasteiger partial charge in [-0.2, -0.15) is 5.10 Å². The highest BCUT2D eigenvalue weighted by Gasteiger charge is 2.26. The largest absolute Gasteiger partial charge is 0.437 e. The molecular formula is C28H36ClN3O3. The number of aliphatic hydroxyl groups excluding tert-OH is 1. The maximum Gasteiger partial charge on any atom is 0.227 e. The minimum atomic E-state index is -0.381. The monoisotopic (exact) mass is 497 g/mol. The van der Waals surface area contributed by atoms with E-state index in [0.717, 1.165) is 62.2 Å². The van der Waals surface area contributed by atoms with Crippen molar-refractivity contribution in [2.45, 2.75) is 64.7 Å². The minimum Gasteiger partial charge on any atom is -0.437 e. The van der Waals surface area contributed by atoms with Crippen LogP contribution in [0.15, 0.2) is 54.6 Å². The Kier molecular flexibility index (Phi) is 9.21. The van der Waals surface area contributed by atoms with Gasteiger partial charge < -0.3 is 14.6 Å². The lowest BCUT2D eigenvalue weighted by molar-refractivity contribution is 0.0434. The van der Waals surface area contributed by atoms with Gasteiger partial charge in [0.05, 0.1) is 34.2 Å². The molecule has 7 heteroatoms. The van der Waals surface area contributed by atoms with Crippen LogP contribution < -0.4 is 4.74 Å². The predicted octanol–water partition coefficient (Wildman–Crippen LogP) is 6.16. The number of aryl methyl sites for hydroxylation is 1. The number of unbranched alkanes of at least 4 members (excludes halogenated alkanes) is 1. The average molecular weight is 498 g/mol. The standard InChI is InChI=1S/C28H36ClN3O3/c1-3-4-13-23(33)18-31(19-24-14-10-17-34-24)20-25-21(2)30-32(22-11-6-5-7-12-22)28(25)35-27-16-9-8-15-26(27)29/h5-9,11-12,15-16,23-24,33H,3-4,10,13-14,17-20H2,1-2H3. The Bertz CT molecular complexity index is 1070. The summed E-state index contributed by atoms with van der Waals surface area (Å²) in [6, 6.07) is 17.4. The molecule has 6 nitrogen and oxygen atoms in total. The van der Waals surface area contributed by atoms with E-state index in [-0.39, 0.29) is 12.2 Å². The lowest BCUT2D eigenvalue weighted by atomic mass is 10.1. The molecular weight excluding hydrogens is 462 g/mol. The van der Waals surface area contributed by atoms with Crippen LogP contribution in [0.25, 0.3) is 5.69 Å². The van der Waals surface area contributed by atoms with Crippen LogP contribution in [-0.4, -0.2) is 51.7 Å². The molecule has 2 atom stereocenters. The highest BCUT2D eigenvalue weighted by Crippen LogP contribution is 2.35. The lowest BCUT2D eigenvalue weighted by Crippen LogP contribution is -2.37. The quantitative estimate of drug-likeness (QED) is 0.325. The van der Waals surface area contributed by atoms with Crippen molar-refractivity contribution in [3.05, 3.63) is 70.9 Å². The first kappa shape index (κ1) is 25.7. The van der Waals surface area contributed by atoms with Gasteiger partial charge in [-0.05, 0) is 50.5 Å². The first-order valence-electron chi connectivity index (χ1n) is 12.6. The van der Waals surface area contributed by atoms with Crippen molar-refractivity contribution in [1.29, 1.82) is 0 Å². The summed E-state index contributed by atoms with van der Waals surface area (Å²) in [7, 11) is 0. The second-order valence-corrected chi connectivity index (χ2v) is 9.68. The second kappa shape index (κ2) is 12.5. The molecule has 1 saturated heterocycles. The highest BCUT2D eigenvalue weighted by molar-refractivity contribution is 6.32. The van der Waals surface area contributed by atoms with Gasteiger partial charge in [-0.1, -0.05) is 61.7 Å². The summed E-state index contributed by atoms with van der Waals surface area (Å²) >= 11 is 6.45. The van der Waals surface area contributed by atoms with E-state index in [4.69, 9.17) is 26.2 Å². The third-order valence-electron chi connectivity index (χ3n) is 6.41. The first-order chi connectivity index (χ1) is 17.0. The number of aliphatic hydroxyl groups is 1. The number of para-hydroxylation sites is 2. The molecule has 0 radical (unpaired) electrons. The number of ether oxygens (including phenoxy) is 2. The Labute approximate surface area is 213 Å². The van der Waals surface area contributed by atoms with Crippen molar-refractivity contribution in [2.75, 3.05) is 19.7 Å². The summed E-state index contributed by atoms with van der Waals surface area (Å²) in [6.07, 6.45) is 4.82. The van der Waals surface area contributed by atoms with Gasteiger partial charge in [0.15, 0.2) is 0 Å². The molecule has 4 rings (SSSR count). The Morgan fingerprint density at radius 3 is 2.69 bits per heavy atom. The Balaban J connectivity index is 1.67. The number of nitrogens with zero attached hydrogens (tertiary/aromatic N) is 3. The van der Waals surface area contributed by atoms with Gasteiger partial charge >= 0.3 is 0 Å². The first-order valence-corrected chi connectivity index (χ1v) is 13.0. The molecule has 0 saturated carbocycles. The fourth-order valence-electron chi connectivity index (χ4n) is 4.53. The van der Waals surface area contributed by atoms with E-state index in [1.54, 1.807) is 0 Å². The van der Waals surface area contributed by atoms with Crippen molar-refractivity contribution in [1.82, 2.24) is 14.7 Å². The van der Waals surface area contributed by atoms with E-state index in [1.807, 2.05) is 66.2 Å². The number of hydrogen-bond donors (Lipinski definition) is 1. The third kappa shape index (κ3) is 6.85. The molecule has 0 amide bonds. The fourth-order valence-corrected chi connectivity index (χ4v) is 4.71. The van der Waals surface area contributed by atoms with E-state index >= 15 is 0 Å². The minimum absolute atomic E-state index is 0.186. The van der Waals surface area contributed by atoms with Crippen LogP contribution in [0.1, 0.15) is 50.3 Å². The lowest BCUT2D eigenvalue weighted by Gasteiger charge is -2.27. The number of benzene rings is 2. The molecule has 35 heavy (non-hydrogen) atoms. The summed E-state index contributed by atoms with van der Waals surface area (Å²) in [5.74, 6) is 1.23. The molecule has 3 aromatic rings. The fraction of sp³-hybridized carbons (Fsp3) is 0.464. The summed E-state index contributed by atoms with van der Waals surface area (Å²) in [5, 5.41) is 16.1. The molecule has 1 aliphatic heterocycles. The maximum atomic E-state index is 10.7. The van der Waals surface area contributed by atoms with E-state index in [1.165, 1.54) is 0 Å².